The van der Waals surface area contributed by atoms with Crippen molar-refractivity contribution in [3.05, 3.63) is 51.3 Å². The van der Waals surface area contributed by atoms with E-state index in [9.17, 15) is 18.9 Å². The number of halogens is 2. The molecule has 1 aromatic carbocycles. The summed E-state index contributed by atoms with van der Waals surface area (Å²) in [5, 5.41) is 17.4. The fourth-order valence-electron chi connectivity index (χ4n) is 1.83. The van der Waals surface area contributed by atoms with Crippen LogP contribution in [-0.4, -0.2) is 14.7 Å². The maximum Gasteiger partial charge on any atom is 0.307 e. The molecule has 0 radical (unpaired) electrons. The zero-order valence-corrected chi connectivity index (χ0v) is 10.9. The van der Waals surface area contributed by atoms with Crippen LogP contribution >= 0.6 is 0 Å². The highest BCUT2D eigenvalue weighted by molar-refractivity contribution is 5.53. The molecule has 0 unspecified atom stereocenters. The highest BCUT2D eigenvalue weighted by Crippen LogP contribution is 2.25. The molecule has 20 heavy (non-hydrogen) atoms. The largest absolute Gasteiger partial charge is 0.378 e. The molecule has 8 heteroatoms. The van der Waals surface area contributed by atoms with Gasteiger partial charge in [0, 0.05) is 37.5 Å². The Morgan fingerprint density at radius 2 is 2.10 bits per heavy atom. The molecule has 0 fully saturated rings. The molecule has 2 rings (SSSR count). The topological polar surface area (TPSA) is 73.0 Å². The molecule has 0 aliphatic carbocycles. The fraction of sp³-hybridized carbons (Fsp3) is 0.250. The van der Waals surface area contributed by atoms with Crippen LogP contribution < -0.4 is 5.32 Å². The van der Waals surface area contributed by atoms with E-state index in [-0.39, 0.29) is 12.2 Å². The number of nitro benzene ring substituents is 1. The zero-order chi connectivity index (χ0) is 14.9. The minimum absolute atomic E-state index is 0.124. The Labute approximate surface area is 113 Å². The van der Waals surface area contributed by atoms with E-state index in [0.717, 1.165) is 17.3 Å². The first kappa shape index (κ1) is 13.9. The normalized spacial score (nSPS) is 10.6. The van der Waals surface area contributed by atoms with Gasteiger partial charge in [-0.3, -0.25) is 14.8 Å². The van der Waals surface area contributed by atoms with Crippen molar-refractivity contribution in [3.63, 3.8) is 0 Å². The van der Waals surface area contributed by atoms with Crippen LogP contribution in [0.2, 0.25) is 0 Å². The number of benzene rings is 1. The molecule has 6 nitrogen and oxygen atoms in total. The summed E-state index contributed by atoms with van der Waals surface area (Å²) in [6.45, 7) is 2.03. The molecule has 0 atom stereocenters. The number of nitro groups is 1. The van der Waals surface area contributed by atoms with Gasteiger partial charge in [0.15, 0.2) is 0 Å². The monoisotopic (exact) mass is 282 g/mol. The first-order valence-corrected chi connectivity index (χ1v) is 5.75. The first-order valence-electron chi connectivity index (χ1n) is 5.75. The van der Waals surface area contributed by atoms with Crippen LogP contribution in [0.3, 0.4) is 0 Å². The minimum Gasteiger partial charge on any atom is -0.378 e. The van der Waals surface area contributed by atoms with Crippen molar-refractivity contribution in [2.75, 3.05) is 5.32 Å². The van der Waals surface area contributed by atoms with E-state index in [1.807, 2.05) is 0 Å². The molecule has 1 aromatic heterocycles. The van der Waals surface area contributed by atoms with Gasteiger partial charge in [0.1, 0.15) is 5.82 Å². The van der Waals surface area contributed by atoms with E-state index in [1.165, 1.54) is 0 Å². The van der Waals surface area contributed by atoms with E-state index in [2.05, 4.69) is 10.4 Å². The van der Waals surface area contributed by atoms with Gasteiger partial charge < -0.3 is 5.32 Å². The lowest BCUT2D eigenvalue weighted by atomic mass is 10.2. The molecule has 2 aromatic rings. The van der Waals surface area contributed by atoms with Crippen molar-refractivity contribution in [3.8, 4) is 0 Å². The van der Waals surface area contributed by atoms with Gasteiger partial charge in [0.2, 0.25) is 5.82 Å². The third-order valence-corrected chi connectivity index (χ3v) is 2.82. The average Bonchev–Trinajstić information content (AvgIpc) is 2.66. The lowest BCUT2D eigenvalue weighted by molar-refractivity contribution is -0.387. The van der Waals surface area contributed by atoms with E-state index in [4.69, 9.17) is 0 Å². The predicted molar refractivity (Wildman–Crippen MR) is 68.3 cm³/mol. The van der Waals surface area contributed by atoms with Gasteiger partial charge >= 0.3 is 5.69 Å². The smallest absolute Gasteiger partial charge is 0.307 e. The molecule has 0 aliphatic rings. The summed E-state index contributed by atoms with van der Waals surface area (Å²) in [5.41, 5.74) is 0.689. The summed E-state index contributed by atoms with van der Waals surface area (Å²) in [6, 6.07) is 1.34. The first-order chi connectivity index (χ1) is 9.38. The lowest BCUT2D eigenvalue weighted by Crippen LogP contribution is -2.04. The van der Waals surface area contributed by atoms with Crippen LogP contribution in [-0.2, 0) is 13.6 Å². The Balaban J connectivity index is 2.23. The number of nitrogens with zero attached hydrogens (tertiary/aromatic N) is 3. The lowest BCUT2D eigenvalue weighted by Gasteiger charge is -2.07. The van der Waals surface area contributed by atoms with Crippen molar-refractivity contribution < 1.29 is 13.7 Å². The average molecular weight is 282 g/mol. The number of anilines is 1. The zero-order valence-electron chi connectivity index (χ0n) is 10.9. The molecule has 0 saturated carbocycles. The second kappa shape index (κ2) is 5.24. The highest BCUT2D eigenvalue weighted by Gasteiger charge is 2.18. The molecule has 0 bridgehead atoms. The molecule has 0 spiro atoms. The molecular weight excluding hydrogens is 270 g/mol. The molecule has 106 valence electrons. The van der Waals surface area contributed by atoms with Crippen LogP contribution in [0, 0.1) is 28.7 Å². The van der Waals surface area contributed by atoms with Crippen molar-refractivity contribution in [1.29, 1.82) is 0 Å². The molecule has 0 aliphatic heterocycles. The summed E-state index contributed by atoms with van der Waals surface area (Å²) in [4.78, 5) is 9.73. The maximum atomic E-state index is 13.6. The third kappa shape index (κ3) is 2.73. The Hall–Kier alpha value is -2.51. The number of aryl methyl sites for hydroxylation is 2. The molecule has 0 amide bonds. The fourth-order valence-corrected chi connectivity index (χ4v) is 1.83. The van der Waals surface area contributed by atoms with Gasteiger partial charge in [0.05, 0.1) is 16.3 Å². The van der Waals surface area contributed by atoms with Crippen LogP contribution in [0.15, 0.2) is 18.3 Å². The summed E-state index contributed by atoms with van der Waals surface area (Å²) in [6.07, 6.45) is 1.75. The number of rotatable bonds is 4. The van der Waals surface area contributed by atoms with E-state index in [1.54, 1.807) is 24.9 Å². The maximum absolute atomic E-state index is 13.6. The van der Waals surface area contributed by atoms with Gasteiger partial charge in [-0.2, -0.15) is 9.49 Å². The van der Waals surface area contributed by atoms with Crippen molar-refractivity contribution in [2.24, 2.45) is 7.05 Å². The predicted octanol–water partition coefficient (Wildman–Crippen LogP) is 2.53. The van der Waals surface area contributed by atoms with Gasteiger partial charge in [-0.1, -0.05) is 0 Å². The van der Waals surface area contributed by atoms with Gasteiger partial charge in [-0.05, 0) is 6.92 Å². The SMILES string of the molecule is Cc1nn(C)cc1CNc1cc([N+](=O)[O-])c(F)cc1F. The number of hydrogen-bond donors (Lipinski definition) is 1. The molecule has 1 N–H and O–H groups in total. The molecular formula is C12H12F2N4O2. The Bertz CT molecular complexity index is 670. The van der Waals surface area contributed by atoms with Gasteiger partial charge in [-0.15, -0.1) is 0 Å². The van der Waals surface area contributed by atoms with Crippen LogP contribution in [0.5, 0.6) is 0 Å². The van der Waals surface area contributed by atoms with Gasteiger partial charge in [-0.25, -0.2) is 4.39 Å². The van der Waals surface area contributed by atoms with Crippen LogP contribution in [0.25, 0.3) is 0 Å². The Morgan fingerprint density at radius 1 is 1.40 bits per heavy atom. The number of hydrogen-bond acceptors (Lipinski definition) is 4. The van der Waals surface area contributed by atoms with E-state index >= 15 is 0 Å². The summed E-state index contributed by atoms with van der Waals surface area (Å²) < 4.78 is 28.4. The number of nitrogens with one attached hydrogen (secondary N) is 1. The quantitative estimate of drug-likeness (QED) is 0.690. The number of aromatic nitrogens is 2. The second-order valence-corrected chi connectivity index (χ2v) is 4.31. The summed E-state index contributed by atoms with van der Waals surface area (Å²) in [5.74, 6) is -2.08. The van der Waals surface area contributed by atoms with Crippen molar-refractivity contribution in [2.45, 2.75) is 13.5 Å². The van der Waals surface area contributed by atoms with Crippen molar-refractivity contribution in [1.82, 2.24) is 9.78 Å². The van der Waals surface area contributed by atoms with Gasteiger partial charge in [0.25, 0.3) is 0 Å². The van der Waals surface area contributed by atoms with Crippen molar-refractivity contribution >= 4 is 11.4 Å². The highest BCUT2D eigenvalue weighted by atomic mass is 19.1. The van der Waals surface area contributed by atoms with Crippen LogP contribution in [0.4, 0.5) is 20.2 Å². The third-order valence-electron chi connectivity index (χ3n) is 2.82. The Kier molecular flexibility index (Phi) is 3.64. The summed E-state index contributed by atoms with van der Waals surface area (Å²) >= 11 is 0. The van der Waals surface area contributed by atoms with E-state index < -0.39 is 22.2 Å². The molecule has 1 heterocycles. The van der Waals surface area contributed by atoms with E-state index in [0.29, 0.717) is 6.07 Å². The van der Waals surface area contributed by atoms with Crippen LogP contribution in [0.1, 0.15) is 11.3 Å². The second-order valence-electron chi connectivity index (χ2n) is 4.31. The Morgan fingerprint density at radius 3 is 2.65 bits per heavy atom. The minimum atomic E-state index is -1.20. The molecule has 0 saturated heterocycles. The summed E-state index contributed by atoms with van der Waals surface area (Å²) in [7, 11) is 1.75. The standard InChI is InChI=1S/C12H12F2N4O2/c1-7-8(6-17(2)16-7)5-15-11-4-12(18(19)20)10(14)3-9(11)13/h3-4,6,15H,5H2,1-2H3.